The van der Waals surface area contributed by atoms with Gasteiger partial charge < -0.3 is 9.64 Å². The van der Waals surface area contributed by atoms with Crippen LogP contribution in [0.1, 0.15) is 11.3 Å². The summed E-state index contributed by atoms with van der Waals surface area (Å²) in [5, 5.41) is 9.44. The smallest absolute Gasteiger partial charge is 0.0936 e. The minimum atomic E-state index is 0.748. The summed E-state index contributed by atoms with van der Waals surface area (Å²) in [5.41, 5.74) is 6.88. The van der Waals surface area contributed by atoms with Gasteiger partial charge in [-0.25, -0.2) is 4.68 Å². The van der Waals surface area contributed by atoms with Crippen molar-refractivity contribution in [2.24, 2.45) is 0 Å². The Morgan fingerprint density at radius 2 is 1.79 bits per heavy atom. The second-order valence-corrected chi connectivity index (χ2v) is 8.05. The molecule has 1 saturated heterocycles. The van der Waals surface area contributed by atoms with E-state index in [0.717, 1.165) is 68.0 Å². The molecule has 0 aliphatic carbocycles. The monoisotopic (exact) mass is 409 g/mol. The van der Waals surface area contributed by atoms with Gasteiger partial charge in [0.05, 0.1) is 36.8 Å². The molecule has 0 spiro atoms. The first-order valence-electron chi connectivity index (χ1n) is 10.1. The predicted octanol–water partition coefficient (Wildman–Crippen LogP) is 3.89. The molecule has 5 rings (SSSR count). The SMILES string of the molecule is Cc1nnn2c1-c1ccc(CN3CCOCC3)cc1N(c1ccc(Cl)cc1)CC2. The van der Waals surface area contributed by atoms with Gasteiger partial charge in [0, 0.05) is 42.5 Å². The number of benzene rings is 2. The molecule has 29 heavy (non-hydrogen) atoms. The molecule has 1 aromatic heterocycles. The van der Waals surface area contributed by atoms with Gasteiger partial charge in [0.1, 0.15) is 0 Å². The number of anilines is 2. The molecule has 1 fully saturated rings. The van der Waals surface area contributed by atoms with E-state index in [-0.39, 0.29) is 0 Å². The average molecular weight is 410 g/mol. The van der Waals surface area contributed by atoms with Crippen LogP contribution in [-0.2, 0) is 17.8 Å². The molecule has 2 aliphatic heterocycles. The first-order chi connectivity index (χ1) is 14.2. The molecule has 7 heteroatoms. The van der Waals surface area contributed by atoms with Crippen LogP contribution in [0.2, 0.25) is 5.02 Å². The van der Waals surface area contributed by atoms with Crippen molar-refractivity contribution in [3.8, 4) is 11.3 Å². The number of ether oxygens (including phenoxy) is 1. The number of hydrogen-bond acceptors (Lipinski definition) is 5. The molecule has 0 saturated carbocycles. The Balaban J connectivity index is 1.58. The Hall–Kier alpha value is -2.41. The molecular formula is C22H24ClN5O. The van der Waals surface area contributed by atoms with Crippen LogP contribution in [0.4, 0.5) is 11.4 Å². The highest BCUT2D eigenvalue weighted by Gasteiger charge is 2.24. The summed E-state index contributed by atoms with van der Waals surface area (Å²) in [4.78, 5) is 4.81. The standard InChI is InChI=1S/C22H24ClN5O/c1-16-22-20-7-2-17(15-26-10-12-29-13-11-26)14-21(20)27(8-9-28(22)25-24-16)19-5-3-18(23)4-6-19/h2-7,14H,8-13,15H2,1H3. The Labute approximate surface area is 175 Å². The van der Waals surface area contributed by atoms with Crippen molar-refractivity contribution in [1.82, 2.24) is 19.9 Å². The second-order valence-electron chi connectivity index (χ2n) is 7.61. The maximum absolute atomic E-state index is 6.14. The Morgan fingerprint density at radius 3 is 2.59 bits per heavy atom. The quantitative estimate of drug-likeness (QED) is 0.656. The molecule has 0 atom stereocenters. The molecule has 0 N–H and O–H groups in total. The number of aryl methyl sites for hydroxylation is 1. The van der Waals surface area contributed by atoms with E-state index in [1.54, 1.807) is 0 Å². The van der Waals surface area contributed by atoms with Crippen molar-refractivity contribution >= 4 is 23.0 Å². The molecular weight excluding hydrogens is 386 g/mol. The van der Waals surface area contributed by atoms with E-state index in [4.69, 9.17) is 16.3 Å². The van der Waals surface area contributed by atoms with Gasteiger partial charge in [0.25, 0.3) is 0 Å². The van der Waals surface area contributed by atoms with Crippen LogP contribution in [0, 0.1) is 6.92 Å². The highest BCUT2D eigenvalue weighted by atomic mass is 35.5. The molecule has 0 unspecified atom stereocenters. The first kappa shape index (κ1) is 18.6. The van der Waals surface area contributed by atoms with Crippen LogP contribution >= 0.6 is 11.6 Å². The van der Waals surface area contributed by atoms with Gasteiger partial charge in [-0.3, -0.25) is 4.90 Å². The number of halogens is 1. The molecule has 3 heterocycles. The summed E-state index contributed by atoms with van der Waals surface area (Å²) >= 11 is 6.14. The normalized spacial score (nSPS) is 17.0. The van der Waals surface area contributed by atoms with Crippen LogP contribution in [0.3, 0.4) is 0 Å². The lowest BCUT2D eigenvalue weighted by atomic mass is 10.0. The largest absolute Gasteiger partial charge is 0.379 e. The highest BCUT2D eigenvalue weighted by molar-refractivity contribution is 6.30. The maximum atomic E-state index is 6.14. The fourth-order valence-corrected chi connectivity index (χ4v) is 4.34. The van der Waals surface area contributed by atoms with Gasteiger partial charge in [0.2, 0.25) is 0 Å². The van der Waals surface area contributed by atoms with Crippen LogP contribution in [0.5, 0.6) is 0 Å². The third-order valence-corrected chi connectivity index (χ3v) is 5.95. The van der Waals surface area contributed by atoms with E-state index in [1.165, 1.54) is 16.8 Å². The van der Waals surface area contributed by atoms with Crippen molar-refractivity contribution in [3.63, 3.8) is 0 Å². The van der Waals surface area contributed by atoms with Crippen LogP contribution in [0.25, 0.3) is 11.3 Å². The summed E-state index contributed by atoms with van der Waals surface area (Å²) in [6.45, 7) is 8.15. The number of morpholine rings is 1. The zero-order chi connectivity index (χ0) is 19.8. The van der Waals surface area contributed by atoms with E-state index in [0.29, 0.717) is 0 Å². The summed E-state index contributed by atoms with van der Waals surface area (Å²) in [5.74, 6) is 0. The summed E-state index contributed by atoms with van der Waals surface area (Å²) < 4.78 is 7.51. The van der Waals surface area contributed by atoms with Gasteiger partial charge >= 0.3 is 0 Å². The fraction of sp³-hybridized carbons (Fsp3) is 0.364. The Bertz CT molecular complexity index is 1010. The number of nitrogens with zero attached hydrogens (tertiary/aromatic N) is 5. The van der Waals surface area contributed by atoms with Crippen molar-refractivity contribution in [3.05, 3.63) is 58.7 Å². The minimum Gasteiger partial charge on any atom is -0.379 e. The zero-order valence-electron chi connectivity index (χ0n) is 16.5. The molecule has 0 amide bonds. The molecule has 2 aromatic carbocycles. The molecule has 150 valence electrons. The maximum Gasteiger partial charge on any atom is 0.0936 e. The third-order valence-electron chi connectivity index (χ3n) is 5.70. The van der Waals surface area contributed by atoms with Crippen molar-refractivity contribution < 1.29 is 4.74 Å². The van der Waals surface area contributed by atoms with E-state index in [2.05, 4.69) is 50.4 Å². The fourth-order valence-electron chi connectivity index (χ4n) is 4.21. The lowest BCUT2D eigenvalue weighted by Gasteiger charge is -2.28. The van der Waals surface area contributed by atoms with Crippen LogP contribution in [-0.4, -0.2) is 52.7 Å². The zero-order valence-corrected chi connectivity index (χ0v) is 17.3. The number of rotatable bonds is 3. The van der Waals surface area contributed by atoms with Crippen molar-refractivity contribution in [1.29, 1.82) is 0 Å². The van der Waals surface area contributed by atoms with Crippen molar-refractivity contribution in [2.45, 2.75) is 20.0 Å². The third kappa shape index (κ3) is 3.64. The van der Waals surface area contributed by atoms with Gasteiger partial charge in [-0.05, 0) is 42.8 Å². The van der Waals surface area contributed by atoms with Gasteiger partial charge in [-0.15, -0.1) is 5.10 Å². The summed E-state index contributed by atoms with van der Waals surface area (Å²) in [7, 11) is 0. The van der Waals surface area contributed by atoms with E-state index < -0.39 is 0 Å². The van der Waals surface area contributed by atoms with E-state index >= 15 is 0 Å². The average Bonchev–Trinajstić information content (AvgIpc) is 3.02. The van der Waals surface area contributed by atoms with Gasteiger partial charge in [-0.2, -0.15) is 0 Å². The van der Waals surface area contributed by atoms with Crippen LogP contribution < -0.4 is 4.90 Å². The van der Waals surface area contributed by atoms with E-state index in [9.17, 15) is 0 Å². The Kier molecular flexibility index (Phi) is 4.99. The van der Waals surface area contributed by atoms with Crippen LogP contribution in [0.15, 0.2) is 42.5 Å². The first-order valence-corrected chi connectivity index (χ1v) is 10.4. The molecule has 3 aromatic rings. The lowest BCUT2D eigenvalue weighted by molar-refractivity contribution is 0.0342. The molecule has 2 aliphatic rings. The predicted molar refractivity (Wildman–Crippen MR) is 115 cm³/mol. The minimum absolute atomic E-state index is 0.748. The second kappa shape index (κ2) is 7.78. The number of hydrogen-bond donors (Lipinski definition) is 0. The summed E-state index contributed by atoms with van der Waals surface area (Å²) in [6.07, 6.45) is 0. The number of fused-ring (bicyclic) bond motifs is 3. The molecule has 0 radical (unpaired) electrons. The topological polar surface area (TPSA) is 46.4 Å². The summed E-state index contributed by atoms with van der Waals surface area (Å²) in [6, 6.07) is 14.8. The molecule has 6 nitrogen and oxygen atoms in total. The Morgan fingerprint density at radius 1 is 1.00 bits per heavy atom. The van der Waals surface area contributed by atoms with Crippen molar-refractivity contribution in [2.75, 3.05) is 37.7 Å². The van der Waals surface area contributed by atoms with E-state index in [1.807, 2.05) is 23.7 Å². The highest BCUT2D eigenvalue weighted by Crippen LogP contribution is 2.39. The number of aromatic nitrogens is 3. The molecule has 0 bridgehead atoms. The lowest BCUT2D eigenvalue weighted by Crippen LogP contribution is -2.35. The van der Waals surface area contributed by atoms with Gasteiger partial charge in [0.15, 0.2) is 0 Å². The van der Waals surface area contributed by atoms with Gasteiger partial charge in [-0.1, -0.05) is 28.9 Å².